The van der Waals surface area contributed by atoms with Crippen molar-refractivity contribution in [1.29, 1.82) is 0 Å². The summed E-state index contributed by atoms with van der Waals surface area (Å²) < 4.78 is 66.4. The predicted octanol–water partition coefficient (Wildman–Crippen LogP) is 3.11. The maximum Gasteiger partial charge on any atom is 0.380 e. The van der Waals surface area contributed by atoms with Gasteiger partial charge >= 0.3 is 21.9 Å². The Bertz CT molecular complexity index is 626. The molecule has 0 N–H and O–H groups in total. The Morgan fingerprint density at radius 1 is 1.38 bits per heavy atom. The van der Waals surface area contributed by atoms with E-state index in [-0.39, 0.29) is 11.4 Å². The van der Waals surface area contributed by atoms with Crippen molar-refractivity contribution in [3.63, 3.8) is 0 Å². The van der Waals surface area contributed by atoms with E-state index in [9.17, 15) is 26.6 Å². The van der Waals surface area contributed by atoms with Crippen LogP contribution >= 0.6 is 11.6 Å². The molecule has 1 rings (SSSR count). The van der Waals surface area contributed by atoms with Gasteiger partial charge in [0.1, 0.15) is 4.90 Å². The summed E-state index contributed by atoms with van der Waals surface area (Å²) in [7, 11) is -4.81. The molecule has 0 heterocycles. The monoisotopic (exact) mass is 345 g/mol. The molecule has 0 bridgehead atoms. The van der Waals surface area contributed by atoms with Crippen molar-refractivity contribution in [2.75, 3.05) is 0 Å². The molecule has 21 heavy (non-hydrogen) atoms. The van der Waals surface area contributed by atoms with Gasteiger partial charge in [-0.3, -0.25) is 0 Å². The molecular weight excluding hydrogens is 335 g/mol. The van der Waals surface area contributed by atoms with Gasteiger partial charge in [0.2, 0.25) is 0 Å². The number of carbonyl (C=O) groups is 1. The quantitative estimate of drug-likeness (QED) is 0.450. The van der Waals surface area contributed by atoms with Crippen LogP contribution in [0.4, 0.5) is 13.4 Å². The van der Waals surface area contributed by atoms with Gasteiger partial charge < -0.3 is 4.18 Å². The Morgan fingerprint density at radius 2 is 1.95 bits per heavy atom. The highest BCUT2D eigenvalue weighted by Crippen LogP contribution is 2.29. The third-order valence-electron chi connectivity index (χ3n) is 2.45. The first kappa shape index (κ1) is 17.7. The number of hydrogen-bond acceptors (Lipinski definition) is 5. The van der Waals surface area contributed by atoms with Gasteiger partial charge in [-0.2, -0.15) is 8.42 Å². The lowest BCUT2D eigenvalue weighted by molar-refractivity contribution is -0.276. The molecule has 0 spiro atoms. The van der Waals surface area contributed by atoms with Crippen molar-refractivity contribution in [2.24, 2.45) is 0 Å². The lowest BCUT2D eigenvalue weighted by Crippen LogP contribution is -2.45. The number of benzene rings is 1. The Kier molecular flexibility index (Phi) is 5.60. The molecular formula is C11H11ClF3NO4S. The van der Waals surface area contributed by atoms with E-state index in [1.165, 1.54) is 25.1 Å². The van der Waals surface area contributed by atoms with Crippen molar-refractivity contribution in [2.45, 2.75) is 30.5 Å². The summed E-state index contributed by atoms with van der Waals surface area (Å²) in [5.41, 5.74) is 0. The van der Waals surface area contributed by atoms with Gasteiger partial charge in [-0.15, -0.1) is 0 Å². The molecule has 0 aliphatic heterocycles. The zero-order valence-corrected chi connectivity index (χ0v) is 12.3. The normalized spacial score (nSPS) is 14.8. The van der Waals surface area contributed by atoms with Crippen LogP contribution in [0.5, 0.6) is 0 Å². The first-order chi connectivity index (χ1) is 9.65. The average Bonchev–Trinajstić information content (AvgIpc) is 2.38. The van der Waals surface area contributed by atoms with Crippen molar-refractivity contribution in [1.82, 2.24) is 5.34 Å². The summed E-state index contributed by atoms with van der Waals surface area (Å²) in [6.07, 6.45) is -1.07. The summed E-state index contributed by atoms with van der Waals surface area (Å²) in [5.74, 6) is -6.07. The lowest BCUT2D eigenvalue weighted by atomic mass is 10.1. The molecule has 10 heteroatoms. The van der Waals surface area contributed by atoms with E-state index in [1.807, 2.05) is 0 Å². The summed E-state index contributed by atoms with van der Waals surface area (Å²) in [6.45, 7) is 1.34. The molecule has 1 aromatic carbocycles. The lowest BCUT2D eigenvalue weighted by Gasteiger charge is -2.21. The molecule has 1 atom stereocenters. The molecule has 0 aromatic heterocycles. The second kappa shape index (κ2) is 6.63. The summed E-state index contributed by atoms with van der Waals surface area (Å²) in [6, 6.07) is 4.86. The first-order valence-electron chi connectivity index (χ1n) is 5.69. The van der Waals surface area contributed by atoms with E-state index in [0.717, 1.165) is 6.07 Å². The second-order valence-corrected chi connectivity index (χ2v) is 5.92. The molecule has 118 valence electrons. The van der Waals surface area contributed by atoms with Gasteiger partial charge in [0, 0.05) is 6.42 Å². The number of carbonyl (C=O) groups excluding carboxylic acids is 1. The van der Waals surface area contributed by atoms with Crippen LogP contribution in [0.25, 0.3) is 0 Å². The molecule has 0 fully saturated rings. The van der Waals surface area contributed by atoms with Gasteiger partial charge in [-0.25, -0.2) is 9.18 Å². The molecule has 0 aliphatic rings. The molecule has 0 saturated heterocycles. The highest BCUT2D eigenvalue weighted by Gasteiger charge is 2.50. The van der Waals surface area contributed by atoms with Gasteiger partial charge in [0.05, 0.1) is 10.4 Å². The minimum Gasteiger partial charge on any atom is -0.338 e. The van der Waals surface area contributed by atoms with Crippen LogP contribution in [0, 0.1) is 0 Å². The molecule has 0 saturated carbocycles. The molecule has 0 radical (unpaired) electrons. The van der Waals surface area contributed by atoms with Gasteiger partial charge in [-0.1, -0.05) is 46.0 Å². The number of rotatable bonds is 6. The van der Waals surface area contributed by atoms with Crippen molar-refractivity contribution < 1.29 is 30.7 Å². The molecule has 0 amide bonds. The van der Waals surface area contributed by atoms with Crippen LogP contribution in [0.2, 0.25) is 5.02 Å². The van der Waals surface area contributed by atoms with Crippen LogP contribution in [0.1, 0.15) is 19.8 Å². The maximum absolute atomic E-state index is 13.9. The predicted molar refractivity (Wildman–Crippen MR) is 67.5 cm³/mol. The largest absolute Gasteiger partial charge is 0.380 e. The molecule has 1 aromatic rings. The summed E-state index contributed by atoms with van der Waals surface area (Å²) in [5, 5.41) is -2.30. The molecule has 0 unspecified atom stereocenters. The van der Waals surface area contributed by atoms with E-state index in [4.69, 9.17) is 11.6 Å². The van der Waals surface area contributed by atoms with Crippen LogP contribution in [0.15, 0.2) is 29.2 Å². The zero-order chi connectivity index (χ0) is 16.3. The third-order valence-corrected chi connectivity index (χ3v) is 4.16. The van der Waals surface area contributed by atoms with Gasteiger partial charge in [0.25, 0.3) is 0 Å². The highest BCUT2D eigenvalue weighted by atomic mass is 35.5. The number of alkyl halides is 1. The maximum atomic E-state index is 13.9. The van der Waals surface area contributed by atoms with Crippen molar-refractivity contribution >= 4 is 27.7 Å². The SMILES string of the molecule is CCC[C@@](F)(C(=O)OS(=O)(=O)c1ccccc1Cl)N(F)F. The first-order valence-corrected chi connectivity index (χ1v) is 7.48. The van der Waals surface area contributed by atoms with Crippen molar-refractivity contribution in [3.8, 4) is 0 Å². The number of hydrogen-bond donors (Lipinski definition) is 0. The summed E-state index contributed by atoms with van der Waals surface area (Å²) in [4.78, 5) is 10.8. The Morgan fingerprint density at radius 3 is 2.43 bits per heavy atom. The third kappa shape index (κ3) is 3.86. The van der Waals surface area contributed by atoms with Crippen LogP contribution < -0.4 is 0 Å². The van der Waals surface area contributed by atoms with Crippen molar-refractivity contribution in [3.05, 3.63) is 29.3 Å². The number of nitrogens with zero attached hydrogens (tertiary/aromatic N) is 1. The fourth-order valence-corrected chi connectivity index (χ4v) is 2.83. The van der Waals surface area contributed by atoms with Gasteiger partial charge in [-0.05, 0) is 12.1 Å². The van der Waals surface area contributed by atoms with E-state index < -0.39 is 38.5 Å². The van der Waals surface area contributed by atoms with E-state index in [0.29, 0.717) is 0 Å². The average molecular weight is 346 g/mol. The zero-order valence-electron chi connectivity index (χ0n) is 10.7. The molecule has 0 aliphatic carbocycles. The highest BCUT2D eigenvalue weighted by molar-refractivity contribution is 7.87. The van der Waals surface area contributed by atoms with Crippen LogP contribution in [-0.2, 0) is 19.1 Å². The van der Waals surface area contributed by atoms with Crippen LogP contribution in [0.3, 0.4) is 0 Å². The van der Waals surface area contributed by atoms with E-state index in [2.05, 4.69) is 4.18 Å². The minimum atomic E-state index is -4.81. The second-order valence-electron chi connectivity index (χ2n) is 4.00. The van der Waals surface area contributed by atoms with E-state index in [1.54, 1.807) is 0 Å². The van der Waals surface area contributed by atoms with Crippen LogP contribution in [-0.4, -0.2) is 25.5 Å². The molecule has 5 nitrogen and oxygen atoms in total. The smallest absolute Gasteiger partial charge is 0.338 e. The summed E-state index contributed by atoms with van der Waals surface area (Å²) >= 11 is 5.61. The van der Waals surface area contributed by atoms with E-state index >= 15 is 0 Å². The minimum absolute atomic E-state index is 0.137. The fraction of sp³-hybridized carbons (Fsp3) is 0.364. The standard InChI is InChI=1S/C11H11ClF3NO4S/c1-2-7-11(13,16(14)15)10(17)20-21(18,19)9-6-4-3-5-8(9)12/h3-6H,2,7H2,1H3/t11-/m0/s1. The van der Waals surface area contributed by atoms with Gasteiger partial charge in [0.15, 0.2) is 0 Å². The number of halogens is 4. The Labute approximate surface area is 124 Å². The topological polar surface area (TPSA) is 63.7 Å². The Hall–Kier alpha value is -1.32. The fourth-order valence-electron chi connectivity index (χ4n) is 1.44. The Balaban J connectivity index is 3.09.